The molecule has 3 heterocycles. The standard InChI is InChI=1S/C33H27N5O5S/c39-19-21-13-15-22(16-14-21)29-18-26(20-44-33-34-35-36-38(33)24-8-2-1-3-9-24)42-32(43-29)23-7-6-10-25(17-23)37-30(40)27-11-4-5-12-28(27)31(37)41/h1-17,26,29,32,39H,18-20H2. The van der Waals surface area contributed by atoms with Gasteiger partial charge in [0, 0.05) is 17.7 Å². The van der Waals surface area contributed by atoms with Crippen molar-refractivity contribution < 1.29 is 24.2 Å². The van der Waals surface area contributed by atoms with Crippen molar-refractivity contribution >= 4 is 29.3 Å². The minimum atomic E-state index is -0.767. The van der Waals surface area contributed by atoms with E-state index in [2.05, 4.69) is 15.5 Å². The van der Waals surface area contributed by atoms with Crippen LogP contribution in [0.4, 0.5) is 5.69 Å². The predicted molar refractivity (Wildman–Crippen MR) is 162 cm³/mol. The molecule has 1 saturated heterocycles. The maximum atomic E-state index is 13.2. The summed E-state index contributed by atoms with van der Waals surface area (Å²) in [5.41, 5.74) is 4.52. The topological polar surface area (TPSA) is 120 Å². The number of hydrogen-bond acceptors (Lipinski definition) is 9. The van der Waals surface area contributed by atoms with Crippen molar-refractivity contribution in [1.82, 2.24) is 20.2 Å². The first-order valence-corrected chi connectivity index (χ1v) is 15.1. The normalized spacial score (nSPS) is 19.8. The van der Waals surface area contributed by atoms with Crippen LogP contribution in [0.1, 0.15) is 56.2 Å². The Morgan fingerprint density at radius 1 is 0.795 bits per heavy atom. The number of rotatable bonds is 8. The van der Waals surface area contributed by atoms with Crippen molar-refractivity contribution in [2.75, 3.05) is 10.7 Å². The number of fused-ring (bicyclic) bond motifs is 1. The van der Waals surface area contributed by atoms with E-state index in [0.29, 0.717) is 39.7 Å². The van der Waals surface area contributed by atoms with E-state index < -0.39 is 6.29 Å². The van der Waals surface area contributed by atoms with Crippen molar-refractivity contribution in [3.63, 3.8) is 0 Å². The fourth-order valence-electron chi connectivity index (χ4n) is 5.42. The Hall–Kier alpha value is -4.68. The highest BCUT2D eigenvalue weighted by molar-refractivity contribution is 7.99. The van der Waals surface area contributed by atoms with Crippen molar-refractivity contribution in [3.05, 3.63) is 131 Å². The Balaban J connectivity index is 1.15. The molecule has 3 unspecified atom stereocenters. The summed E-state index contributed by atoms with van der Waals surface area (Å²) >= 11 is 1.49. The van der Waals surface area contributed by atoms with Crippen LogP contribution >= 0.6 is 11.8 Å². The van der Waals surface area contributed by atoms with E-state index in [1.54, 1.807) is 47.1 Å². The molecule has 1 aromatic heterocycles. The van der Waals surface area contributed by atoms with Gasteiger partial charge in [-0.25, -0.2) is 4.90 Å². The Kier molecular flexibility index (Phi) is 7.75. The lowest BCUT2D eigenvalue weighted by Crippen LogP contribution is -2.32. The lowest BCUT2D eigenvalue weighted by atomic mass is 10.0. The van der Waals surface area contributed by atoms with Gasteiger partial charge in [0.15, 0.2) is 6.29 Å². The van der Waals surface area contributed by atoms with E-state index in [-0.39, 0.29) is 30.6 Å². The van der Waals surface area contributed by atoms with Crippen LogP contribution in [0.2, 0.25) is 0 Å². The number of carbonyl (C=O) groups is 2. The molecule has 4 aromatic carbocycles. The number of nitrogens with zero attached hydrogens (tertiary/aromatic N) is 5. The quantitative estimate of drug-likeness (QED) is 0.186. The van der Waals surface area contributed by atoms with Crippen LogP contribution in [0, 0.1) is 0 Å². The molecule has 44 heavy (non-hydrogen) atoms. The number of amides is 2. The highest BCUT2D eigenvalue weighted by Crippen LogP contribution is 2.40. The van der Waals surface area contributed by atoms with E-state index in [1.165, 1.54) is 16.7 Å². The zero-order chi connectivity index (χ0) is 30.0. The van der Waals surface area contributed by atoms with Gasteiger partial charge in [-0.15, -0.1) is 5.10 Å². The minimum absolute atomic E-state index is 0.0441. The number of imide groups is 1. The Labute approximate surface area is 257 Å². The highest BCUT2D eigenvalue weighted by atomic mass is 32.2. The molecule has 3 atom stereocenters. The smallest absolute Gasteiger partial charge is 0.266 e. The predicted octanol–water partition coefficient (Wildman–Crippen LogP) is 5.29. The molecular formula is C33H27N5O5S. The third kappa shape index (κ3) is 5.42. The molecule has 2 amide bonds. The summed E-state index contributed by atoms with van der Waals surface area (Å²) in [6, 6.07) is 31.3. The maximum Gasteiger partial charge on any atom is 0.266 e. The van der Waals surface area contributed by atoms with Gasteiger partial charge in [-0.1, -0.05) is 78.5 Å². The monoisotopic (exact) mass is 605 g/mol. The summed E-state index contributed by atoms with van der Waals surface area (Å²) in [6.07, 6.45) is -0.741. The molecule has 10 nitrogen and oxygen atoms in total. The second kappa shape index (κ2) is 12.1. The van der Waals surface area contributed by atoms with E-state index in [0.717, 1.165) is 16.8 Å². The van der Waals surface area contributed by atoms with Gasteiger partial charge in [-0.3, -0.25) is 9.59 Å². The minimum Gasteiger partial charge on any atom is -0.392 e. The number of aliphatic hydroxyl groups is 1. The first kappa shape index (κ1) is 28.1. The van der Waals surface area contributed by atoms with Gasteiger partial charge in [0.2, 0.25) is 5.16 Å². The molecule has 5 aromatic rings. The number of anilines is 1. The summed E-state index contributed by atoms with van der Waals surface area (Å²) in [6.45, 7) is -0.0441. The van der Waals surface area contributed by atoms with Gasteiger partial charge in [0.05, 0.1) is 41.3 Å². The first-order chi connectivity index (χ1) is 21.6. The van der Waals surface area contributed by atoms with Gasteiger partial charge >= 0.3 is 0 Å². The zero-order valence-corrected chi connectivity index (χ0v) is 24.2. The van der Waals surface area contributed by atoms with Crippen LogP contribution in [0.25, 0.3) is 5.69 Å². The van der Waals surface area contributed by atoms with Gasteiger partial charge in [-0.2, -0.15) is 4.68 Å². The number of thioether (sulfide) groups is 1. The third-order valence-corrected chi connectivity index (χ3v) is 8.70. The number of para-hydroxylation sites is 1. The SMILES string of the molecule is O=C1c2ccccc2C(=O)N1c1cccc(C2OC(CSc3nnnn3-c3ccccc3)CC(c3ccc(CO)cc3)O2)c1. The van der Waals surface area contributed by atoms with Crippen LogP contribution in [0.3, 0.4) is 0 Å². The first-order valence-electron chi connectivity index (χ1n) is 14.1. The van der Waals surface area contributed by atoms with Crippen LogP contribution in [-0.4, -0.2) is 49.0 Å². The Morgan fingerprint density at radius 3 is 2.23 bits per heavy atom. The molecule has 0 aliphatic carbocycles. The zero-order valence-electron chi connectivity index (χ0n) is 23.4. The molecule has 11 heteroatoms. The van der Waals surface area contributed by atoms with Crippen molar-refractivity contribution in [2.45, 2.75) is 36.7 Å². The van der Waals surface area contributed by atoms with Gasteiger partial charge in [0.1, 0.15) is 0 Å². The second-order valence-electron chi connectivity index (χ2n) is 10.5. The highest BCUT2D eigenvalue weighted by Gasteiger charge is 2.37. The summed E-state index contributed by atoms with van der Waals surface area (Å²) < 4.78 is 14.7. The average Bonchev–Trinajstić information content (AvgIpc) is 3.66. The van der Waals surface area contributed by atoms with Gasteiger partial charge in [-0.05, 0) is 58.0 Å². The van der Waals surface area contributed by atoms with Crippen molar-refractivity contribution in [1.29, 1.82) is 0 Å². The number of benzene rings is 4. The van der Waals surface area contributed by atoms with E-state index in [4.69, 9.17) is 9.47 Å². The fourth-order valence-corrected chi connectivity index (χ4v) is 6.33. The van der Waals surface area contributed by atoms with E-state index in [1.807, 2.05) is 60.7 Å². The molecule has 220 valence electrons. The molecule has 1 N–H and O–H groups in total. The lowest BCUT2D eigenvalue weighted by molar-refractivity contribution is -0.245. The van der Waals surface area contributed by atoms with E-state index in [9.17, 15) is 14.7 Å². The van der Waals surface area contributed by atoms with E-state index >= 15 is 0 Å². The van der Waals surface area contributed by atoms with Gasteiger partial charge < -0.3 is 14.6 Å². The Morgan fingerprint density at radius 2 is 1.50 bits per heavy atom. The van der Waals surface area contributed by atoms with Gasteiger partial charge in [0.25, 0.3) is 11.8 Å². The molecule has 1 fully saturated rings. The Bertz CT molecular complexity index is 1780. The maximum absolute atomic E-state index is 13.2. The molecule has 2 aliphatic rings. The summed E-state index contributed by atoms with van der Waals surface area (Å²) in [5, 5.41) is 22.4. The number of ether oxygens (including phenoxy) is 2. The van der Waals surface area contributed by atoms with Crippen LogP contribution in [0.15, 0.2) is 108 Å². The van der Waals surface area contributed by atoms with Crippen molar-refractivity contribution in [2.24, 2.45) is 0 Å². The molecule has 0 radical (unpaired) electrons. The molecule has 0 spiro atoms. The molecule has 0 saturated carbocycles. The number of hydrogen-bond donors (Lipinski definition) is 1. The van der Waals surface area contributed by atoms with Crippen LogP contribution < -0.4 is 4.90 Å². The summed E-state index contributed by atoms with van der Waals surface area (Å²) in [4.78, 5) is 27.5. The van der Waals surface area contributed by atoms with Crippen molar-refractivity contribution in [3.8, 4) is 5.69 Å². The molecule has 7 rings (SSSR count). The molecular weight excluding hydrogens is 578 g/mol. The number of tetrazole rings is 1. The largest absolute Gasteiger partial charge is 0.392 e. The average molecular weight is 606 g/mol. The van der Waals surface area contributed by atoms with Crippen LogP contribution in [0.5, 0.6) is 0 Å². The number of aliphatic hydroxyl groups excluding tert-OH is 1. The summed E-state index contributed by atoms with van der Waals surface area (Å²) in [7, 11) is 0. The number of carbonyl (C=O) groups excluding carboxylic acids is 2. The lowest BCUT2D eigenvalue weighted by Gasteiger charge is -2.36. The second-order valence-corrected chi connectivity index (χ2v) is 11.4. The third-order valence-electron chi connectivity index (χ3n) is 7.65. The molecule has 0 bridgehead atoms. The van der Waals surface area contributed by atoms with Crippen LogP contribution in [-0.2, 0) is 16.1 Å². The molecule has 2 aliphatic heterocycles. The number of aromatic nitrogens is 4. The fraction of sp³-hybridized carbons (Fsp3) is 0.182. The summed E-state index contributed by atoms with van der Waals surface area (Å²) in [5.74, 6) is -0.169.